The van der Waals surface area contributed by atoms with Crippen LogP contribution in [0.2, 0.25) is 0 Å². The highest BCUT2D eigenvalue weighted by Gasteiger charge is 2.30. The Hall–Kier alpha value is -3.19. The standard InChI is InChI=1S/C22H22N2O5/c25-21(23-13-17(22(26)27)14-7-10-28-11-8-14)16-12-19(20-6-3-9-29-20)24-18-5-2-1-4-15(16)18/h1-6,9,12,14,17H,7-8,10-11,13H2,(H,23,25)(H,26,27). The first-order valence-corrected chi connectivity index (χ1v) is 9.66. The Morgan fingerprint density at radius 3 is 2.69 bits per heavy atom. The highest BCUT2D eigenvalue weighted by Crippen LogP contribution is 2.26. The lowest BCUT2D eigenvalue weighted by molar-refractivity contribution is -0.144. The van der Waals surface area contributed by atoms with Crippen molar-refractivity contribution in [3.8, 4) is 11.5 Å². The SMILES string of the molecule is O=C(NCC(C(=O)O)C1CCOCC1)c1cc(-c2ccco2)nc2ccccc12. The zero-order valence-corrected chi connectivity index (χ0v) is 15.8. The predicted octanol–water partition coefficient (Wildman–Crippen LogP) is 3.35. The minimum absolute atomic E-state index is 0.00517. The molecule has 2 N–H and O–H groups in total. The molecule has 29 heavy (non-hydrogen) atoms. The Morgan fingerprint density at radius 2 is 1.97 bits per heavy atom. The number of aliphatic carboxylic acids is 1. The smallest absolute Gasteiger partial charge is 0.308 e. The number of carboxylic acids is 1. The number of pyridine rings is 1. The van der Waals surface area contributed by atoms with Crippen LogP contribution in [0.4, 0.5) is 0 Å². The highest BCUT2D eigenvalue weighted by molar-refractivity contribution is 6.07. The van der Waals surface area contributed by atoms with E-state index in [1.54, 1.807) is 24.5 Å². The number of hydrogen-bond donors (Lipinski definition) is 2. The topological polar surface area (TPSA) is 102 Å². The molecule has 0 radical (unpaired) electrons. The van der Waals surface area contributed by atoms with E-state index in [2.05, 4.69) is 10.3 Å². The molecular formula is C22H22N2O5. The van der Waals surface area contributed by atoms with Gasteiger partial charge in [0.25, 0.3) is 5.91 Å². The summed E-state index contributed by atoms with van der Waals surface area (Å²) in [6.07, 6.45) is 2.93. The van der Waals surface area contributed by atoms with Gasteiger partial charge < -0.3 is 19.6 Å². The van der Waals surface area contributed by atoms with Gasteiger partial charge in [-0.2, -0.15) is 0 Å². The molecule has 2 aromatic heterocycles. The second-order valence-electron chi connectivity index (χ2n) is 7.15. The van der Waals surface area contributed by atoms with Crippen LogP contribution in [-0.2, 0) is 9.53 Å². The summed E-state index contributed by atoms with van der Waals surface area (Å²) in [6.45, 7) is 1.19. The van der Waals surface area contributed by atoms with E-state index in [1.807, 2.05) is 24.3 Å². The summed E-state index contributed by atoms with van der Waals surface area (Å²) in [7, 11) is 0. The number of para-hydroxylation sites is 1. The van der Waals surface area contributed by atoms with Crippen LogP contribution in [0.15, 0.2) is 53.1 Å². The maximum Gasteiger partial charge on any atom is 0.308 e. The monoisotopic (exact) mass is 394 g/mol. The number of nitrogens with zero attached hydrogens (tertiary/aromatic N) is 1. The molecule has 1 aromatic carbocycles. The molecule has 0 spiro atoms. The van der Waals surface area contributed by atoms with Crippen LogP contribution < -0.4 is 5.32 Å². The molecule has 150 valence electrons. The molecule has 7 nitrogen and oxygen atoms in total. The zero-order chi connectivity index (χ0) is 20.2. The van der Waals surface area contributed by atoms with Crippen molar-refractivity contribution in [3.63, 3.8) is 0 Å². The quantitative estimate of drug-likeness (QED) is 0.665. The van der Waals surface area contributed by atoms with Crippen LogP contribution in [0.1, 0.15) is 23.2 Å². The average Bonchev–Trinajstić information content (AvgIpc) is 3.28. The van der Waals surface area contributed by atoms with Gasteiger partial charge in [-0.15, -0.1) is 0 Å². The van der Waals surface area contributed by atoms with E-state index in [4.69, 9.17) is 9.15 Å². The first-order chi connectivity index (χ1) is 14.1. The number of carbonyl (C=O) groups excluding carboxylic acids is 1. The average molecular weight is 394 g/mol. The van der Waals surface area contributed by atoms with Gasteiger partial charge in [-0.05, 0) is 43.0 Å². The van der Waals surface area contributed by atoms with Crippen molar-refractivity contribution in [3.05, 3.63) is 54.3 Å². The van der Waals surface area contributed by atoms with Crippen LogP contribution in [0.25, 0.3) is 22.4 Å². The fraction of sp³-hybridized carbons (Fsp3) is 0.318. The molecule has 0 aliphatic carbocycles. The summed E-state index contributed by atoms with van der Waals surface area (Å²) >= 11 is 0. The van der Waals surface area contributed by atoms with E-state index in [1.165, 1.54) is 0 Å². The van der Waals surface area contributed by atoms with Crippen molar-refractivity contribution >= 4 is 22.8 Å². The molecule has 4 rings (SSSR count). The molecule has 1 aliphatic heterocycles. The van der Waals surface area contributed by atoms with Crippen LogP contribution in [0.3, 0.4) is 0 Å². The highest BCUT2D eigenvalue weighted by atomic mass is 16.5. The van der Waals surface area contributed by atoms with Crippen molar-refractivity contribution in [2.45, 2.75) is 12.8 Å². The van der Waals surface area contributed by atoms with Gasteiger partial charge in [0.2, 0.25) is 0 Å². The second-order valence-corrected chi connectivity index (χ2v) is 7.15. The molecule has 1 unspecified atom stereocenters. The lowest BCUT2D eigenvalue weighted by Gasteiger charge is -2.27. The summed E-state index contributed by atoms with van der Waals surface area (Å²) in [5.41, 5.74) is 1.67. The molecule has 1 atom stereocenters. The van der Waals surface area contributed by atoms with Crippen LogP contribution >= 0.6 is 0 Å². The molecule has 1 saturated heterocycles. The third kappa shape index (κ3) is 4.14. The van der Waals surface area contributed by atoms with E-state index in [0.29, 0.717) is 54.0 Å². The number of aromatic nitrogens is 1. The van der Waals surface area contributed by atoms with E-state index >= 15 is 0 Å². The predicted molar refractivity (Wildman–Crippen MR) is 106 cm³/mol. The largest absolute Gasteiger partial charge is 0.481 e. The number of fused-ring (bicyclic) bond motifs is 1. The van der Waals surface area contributed by atoms with Gasteiger partial charge in [-0.25, -0.2) is 4.98 Å². The lowest BCUT2D eigenvalue weighted by Crippen LogP contribution is -2.39. The number of furan rings is 1. The minimum atomic E-state index is -0.895. The fourth-order valence-corrected chi connectivity index (χ4v) is 3.79. The summed E-state index contributed by atoms with van der Waals surface area (Å²) < 4.78 is 10.8. The molecule has 3 heterocycles. The molecule has 0 saturated carbocycles. The van der Waals surface area contributed by atoms with Crippen molar-refractivity contribution in [1.29, 1.82) is 0 Å². The third-order valence-electron chi connectivity index (χ3n) is 5.37. The Morgan fingerprint density at radius 1 is 1.17 bits per heavy atom. The van der Waals surface area contributed by atoms with Gasteiger partial charge in [0, 0.05) is 25.1 Å². The summed E-state index contributed by atoms with van der Waals surface area (Å²) in [4.78, 5) is 29.3. The first kappa shape index (κ1) is 19.1. The Kier molecular flexibility index (Phi) is 5.57. The van der Waals surface area contributed by atoms with E-state index in [-0.39, 0.29) is 18.4 Å². The number of benzene rings is 1. The Bertz CT molecular complexity index is 1010. The maximum absolute atomic E-state index is 13.0. The molecule has 1 fully saturated rings. The van der Waals surface area contributed by atoms with Gasteiger partial charge in [-0.3, -0.25) is 9.59 Å². The van der Waals surface area contributed by atoms with Crippen LogP contribution in [-0.4, -0.2) is 41.7 Å². The van der Waals surface area contributed by atoms with E-state index in [0.717, 1.165) is 0 Å². The fourth-order valence-electron chi connectivity index (χ4n) is 3.79. The maximum atomic E-state index is 13.0. The van der Waals surface area contributed by atoms with E-state index in [9.17, 15) is 14.7 Å². The van der Waals surface area contributed by atoms with Crippen molar-refractivity contribution in [1.82, 2.24) is 10.3 Å². The van der Waals surface area contributed by atoms with Crippen LogP contribution in [0.5, 0.6) is 0 Å². The number of hydrogen-bond acceptors (Lipinski definition) is 5. The van der Waals surface area contributed by atoms with Crippen LogP contribution in [0, 0.1) is 11.8 Å². The van der Waals surface area contributed by atoms with Crippen molar-refractivity contribution in [2.24, 2.45) is 11.8 Å². The number of carbonyl (C=O) groups is 2. The zero-order valence-electron chi connectivity index (χ0n) is 15.8. The van der Waals surface area contributed by atoms with Gasteiger partial charge in [-0.1, -0.05) is 18.2 Å². The molecule has 0 bridgehead atoms. The van der Waals surface area contributed by atoms with Gasteiger partial charge >= 0.3 is 5.97 Å². The number of ether oxygens (including phenoxy) is 1. The second kappa shape index (κ2) is 8.45. The van der Waals surface area contributed by atoms with Crippen molar-refractivity contribution in [2.75, 3.05) is 19.8 Å². The van der Waals surface area contributed by atoms with Gasteiger partial charge in [0.1, 0.15) is 5.69 Å². The van der Waals surface area contributed by atoms with Gasteiger partial charge in [0.05, 0.1) is 23.3 Å². The molecule has 1 aliphatic rings. The normalized spacial score (nSPS) is 15.9. The lowest BCUT2D eigenvalue weighted by atomic mass is 9.86. The number of amides is 1. The summed E-state index contributed by atoms with van der Waals surface area (Å²) in [5.74, 6) is -1.30. The first-order valence-electron chi connectivity index (χ1n) is 9.66. The Labute approximate surface area is 167 Å². The number of nitrogens with one attached hydrogen (secondary N) is 1. The molecule has 7 heteroatoms. The van der Waals surface area contributed by atoms with Gasteiger partial charge in [0.15, 0.2) is 5.76 Å². The number of rotatable bonds is 6. The third-order valence-corrected chi connectivity index (χ3v) is 5.37. The molecule has 3 aromatic rings. The van der Waals surface area contributed by atoms with E-state index < -0.39 is 11.9 Å². The van der Waals surface area contributed by atoms with Crippen molar-refractivity contribution < 1.29 is 23.8 Å². The number of carboxylic acid groups (broad SMARTS) is 1. The minimum Gasteiger partial charge on any atom is -0.481 e. The molecular weight excluding hydrogens is 372 g/mol. The summed E-state index contributed by atoms with van der Waals surface area (Å²) in [5, 5.41) is 13.2. The molecule has 1 amide bonds. The Balaban J connectivity index is 1.59. The summed E-state index contributed by atoms with van der Waals surface area (Å²) in [6, 6.07) is 12.6.